The molecule has 0 radical (unpaired) electrons. The molecule has 0 heterocycles. The number of esters is 1. The van der Waals surface area contributed by atoms with Gasteiger partial charge in [0.1, 0.15) is 0 Å². The summed E-state index contributed by atoms with van der Waals surface area (Å²) in [7, 11) is 0. The summed E-state index contributed by atoms with van der Waals surface area (Å²) >= 11 is 0. The van der Waals surface area contributed by atoms with E-state index in [2.05, 4.69) is 5.32 Å². The summed E-state index contributed by atoms with van der Waals surface area (Å²) < 4.78 is 4.90. The molecule has 0 saturated heterocycles. The van der Waals surface area contributed by atoms with Crippen LogP contribution in [0.2, 0.25) is 0 Å². The number of hydrogen-bond donors (Lipinski definition) is 2. The maximum Gasteiger partial charge on any atom is 0.338 e. The van der Waals surface area contributed by atoms with E-state index < -0.39 is 0 Å². The van der Waals surface area contributed by atoms with Crippen LogP contribution in [-0.4, -0.2) is 25.0 Å². The molecule has 0 fully saturated rings. The summed E-state index contributed by atoms with van der Waals surface area (Å²) in [5, 5.41) is 2.74. The number of carbonyl (C=O) groups is 2. The molecule has 1 aromatic carbocycles. The van der Waals surface area contributed by atoms with E-state index in [1.807, 2.05) is 6.92 Å². The van der Waals surface area contributed by atoms with Gasteiger partial charge in [-0.25, -0.2) is 4.79 Å². The number of amides is 1. The molecule has 0 aliphatic rings. The fraction of sp³-hybridized carbons (Fsp3) is 0.385. The second-order valence-corrected chi connectivity index (χ2v) is 3.84. The van der Waals surface area contributed by atoms with Crippen LogP contribution in [0.5, 0.6) is 0 Å². The molecule has 98 valence electrons. The lowest BCUT2D eigenvalue weighted by atomic mass is 10.1. The Bertz CT molecular complexity index is 444. The third-order valence-corrected chi connectivity index (χ3v) is 2.38. The van der Waals surface area contributed by atoms with Crippen molar-refractivity contribution in [1.29, 1.82) is 0 Å². The maximum atomic E-state index is 11.5. The number of anilines is 1. The minimum atomic E-state index is -0.361. The second kappa shape index (κ2) is 6.76. The fourth-order valence-electron chi connectivity index (χ4n) is 1.49. The van der Waals surface area contributed by atoms with Crippen molar-refractivity contribution in [3.63, 3.8) is 0 Å². The first-order valence-corrected chi connectivity index (χ1v) is 5.86. The van der Waals surface area contributed by atoms with Crippen LogP contribution in [0.1, 0.15) is 29.3 Å². The van der Waals surface area contributed by atoms with Gasteiger partial charge in [0.15, 0.2) is 0 Å². The molecular formula is C13H18N2O3. The van der Waals surface area contributed by atoms with Gasteiger partial charge in [-0.3, -0.25) is 4.79 Å². The van der Waals surface area contributed by atoms with Gasteiger partial charge in [0, 0.05) is 18.7 Å². The second-order valence-electron chi connectivity index (χ2n) is 3.84. The third kappa shape index (κ3) is 3.85. The number of rotatable bonds is 5. The van der Waals surface area contributed by atoms with Gasteiger partial charge in [0.2, 0.25) is 5.91 Å². The van der Waals surface area contributed by atoms with Crippen LogP contribution in [-0.2, 0) is 9.53 Å². The third-order valence-electron chi connectivity index (χ3n) is 2.38. The van der Waals surface area contributed by atoms with Crippen LogP contribution in [0.4, 0.5) is 5.69 Å². The molecule has 0 unspecified atom stereocenters. The van der Waals surface area contributed by atoms with E-state index in [-0.39, 0.29) is 18.3 Å². The highest BCUT2D eigenvalue weighted by Gasteiger charge is 2.09. The van der Waals surface area contributed by atoms with E-state index in [1.165, 1.54) is 0 Å². The average molecular weight is 250 g/mol. The van der Waals surface area contributed by atoms with E-state index in [0.717, 1.165) is 5.56 Å². The number of carbonyl (C=O) groups excluding carboxylic acids is 2. The van der Waals surface area contributed by atoms with E-state index >= 15 is 0 Å². The summed E-state index contributed by atoms with van der Waals surface area (Å²) in [5.74, 6) is -0.495. The Morgan fingerprint density at radius 2 is 2.11 bits per heavy atom. The molecule has 0 aliphatic heterocycles. The predicted octanol–water partition coefficient (Wildman–Crippen LogP) is 1.46. The molecule has 3 N–H and O–H groups in total. The highest BCUT2D eigenvalue weighted by molar-refractivity contribution is 5.94. The van der Waals surface area contributed by atoms with Crippen LogP contribution in [0.25, 0.3) is 0 Å². The number of nitrogens with one attached hydrogen (secondary N) is 1. The Morgan fingerprint density at radius 1 is 1.39 bits per heavy atom. The Morgan fingerprint density at radius 3 is 2.67 bits per heavy atom. The van der Waals surface area contributed by atoms with E-state index in [9.17, 15) is 9.59 Å². The Hall–Kier alpha value is -1.88. The van der Waals surface area contributed by atoms with Crippen molar-refractivity contribution in [3.05, 3.63) is 29.3 Å². The topological polar surface area (TPSA) is 81.4 Å². The van der Waals surface area contributed by atoms with Gasteiger partial charge in [-0.05, 0) is 37.6 Å². The van der Waals surface area contributed by atoms with Crippen LogP contribution >= 0.6 is 0 Å². The number of hydrogen-bond acceptors (Lipinski definition) is 4. The first-order chi connectivity index (χ1) is 8.58. The lowest BCUT2D eigenvalue weighted by molar-refractivity contribution is -0.116. The van der Waals surface area contributed by atoms with Gasteiger partial charge in [0.25, 0.3) is 0 Å². The van der Waals surface area contributed by atoms with Crippen LogP contribution in [0, 0.1) is 6.92 Å². The monoisotopic (exact) mass is 250 g/mol. The summed E-state index contributed by atoms with van der Waals surface area (Å²) in [4.78, 5) is 22.9. The zero-order valence-electron chi connectivity index (χ0n) is 10.7. The van der Waals surface area contributed by atoms with E-state index in [1.54, 1.807) is 25.1 Å². The van der Waals surface area contributed by atoms with Crippen LogP contribution < -0.4 is 11.1 Å². The van der Waals surface area contributed by atoms with Gasteiger partial charge in [-0.1, -0.05) is 0 Å². The Balaban J connectivity index is 2.79. The molecule has 0 saturated carbocycles. The molecule has 5 nitrogen and oxygen atoms in total. The predicted molar refractivity (Wildman–Crippen MR) is 69.4 cm³/mol. The molecule has 0 aromatic heterocycles. The molecule has 1 amide bonds. The molecule has 0 atom stereocenters. The lowest BCUT2D eigenvalue weighted by Gasteiger charge is -2.09. The number of nitrogens with two attached hydrogens (primary N) is 1. The number of benzene rings is 1. The van der Waals surface area contributed by atoms with Crippen molar-refractivity contribution in [1.82, 2.24) is 0 Å². The first kappa shape index (κ1) is 14.2. The quantitative estimate of drug-likeness (QED) is 0.775. The molecular weight excluding hydrogens is 232 g/mol. The van der Waals surface area contributed by atoms with Gasteiger partial charge < -0.3 is 15.8 Å². The Kier molecular flexibility index (Phi) is 5.32. The van der Waals surface area contributed by atoms with Gasteiger partial charge in [-0.2, -0.15) is 0 Å². The molecule has 0 spiro atoms. The summed E-state index contributed by atoms with van der Waals surface area (Å²) in [6.45, 7) is 4.23. The van der Waals surface area contributed by atoms with Gasteiger partial charge >= 0.3 is 5.97 Å². The first-order valence-electron chi connectivity index (χ1n) is 5.86. The van der Waals surface area contributed by atoms with Crippen molar-refractivity contribution in [3.8, 4) is 0 Å². The largest absolute Gasteiger partial charge is 0.462 e. The molecule has 1 rings (SSSR count). The van der Waals surface area contributed by atoms with Crippen LogP contribution in [0.3, 0.4) is 0 Å². The molecule has 1 aromatic rings. The molecule has 0 bridgehead atoms. The highest BCUT2D eigenvalue weighted by atomic mass is 16.5. The molecule has 18 heavy (non-hydrogen) atoms. The minimum Gasteiger partial charge on any atom is -0.462 e. The standard InChI is InChI=1S/C13H18N2O3/c1-3-18-13(17)10-4-5-11(9(2)8-10)15-12(16)6-7-14/h4-5,8H,3,6-7,14H2,1-2H3,(H,15,16). The van der Waals surface area contributed by atoms with Crippen molar-refractivity contribution in [2.75, 3.05) is 18.5 Å². The zero-order valence-corrected chi connectivity index (χ0v) is 10.7. The van der Waals surface area contributed by atoms with Gasteiger partial charge in [-0.15, -0.1) is 0 Å². The van der Waals surface area contributed by atoms with Crippen molar-refractivity contribution in [2.24, 2.45) is 5.73 Å². The lowest BCUT2D eigenvalue weighted by Crippen LogP contribution is -2.17. The van der Waals surface area contributed by atoms with Gasteiger partial charge in [0.05, 0.1) is 12.2 Å². The summed E-state index contributed by atoms with van der Waals surface area (Å²) in [6, 6.07) is 5.01. The normalized spacial score (nSPS) is 9.94. The fourth-order valence-corrected chi connectivity index (χ4v) is 1.49. The summed E-state index contributed by atoms with van der Waals surface area (Å²) in [5.41, 5.74) is 7.27. The molecule has 5 heteroatoms. The van der Waals surface area contributed by atoms with Crippen molar-refractivity contribution in [2.45, 2.75) is 20.3 Å². The average Bonchev–Trinajstić information content (AvgIpc) is 2.32. The Labute approximate surface area is 106 Å². The van der Waals surface area contributed by atoms with Crippen molar-refractivity contribution < 1.29 is 14.3 Å². The maximum absolute atomic E-state index is 11.5. The zero-order chi connectivity index (χ0) is 13.5. The number of ether oxygens (including phenoxy) is 1. The van der Waals surface area contributed by atoms with E-state index in [0.29, 0.717) is 24.4 Å². The minimum absolute atomic E-state index is 0.135. The highest BCUT2D eigenvalue weighted by Crippen LogP contribution is 2.17. The van der Waals surface area contributed by atoms with Crippen LogP contribution in [0.15, 0.2) is 18.2 Å². The van der Waals surface area contributed by atoms with E-state index in [4.69, 9.17) is 10.5 Å². The number of aryl methyl sites for hydroxylation is 1. The van der Waals surface area contributed by atoms with Crippen molar-refractivity contribution >= 4 is 17.6 Å². The smallest absolute Gasteiger partial charge is 0.338 e. The summed E-state index contributed by atoms with van der Waals surface area (Å²) in [6.07, 6.45) is 0.277. The SMILES string of the molecule is CCOC(=O)c1ccc(NC(=O)CCN)c(C)c1. The molecule has 0 aliphatic carbocycles.